The van der Waals surface area contributed by atoms with Gasteiger partial charge in [-0.1, -0.05) is 6.92 Å². The lowest BCUT2D eigenvalue weighted by Gasteiger charge is -2.21. The van der Waals surface area contributed by atoms with Crippen LogP contribution in [0.3, 0.4) is 0 Å². The predicted molar refractivity (Wildman–Crippen MR) is 56.9 cm³/mol. The highest BCUT2D eigenvalue weighted by Gasteiger charge is 2.22. The molecule has 0 amide bonds. The summed E-state index contributed by atoms with van der Waals surface area (Å²) in [7, 11) is 1.83. The number of nitrogens with zero attached hydrogens (tertiary/aromatic N) is 1. The van der Waals surface area contributed by atoms with Crippen molar-refractivity contribution in [1.29, 1.82) is 5.41 Å². The second-order valence-corrected chi connectivity index (χ2v) is 3.66. The normalized spacial score (nSPS) is 17.2. The first-order valence-corrected chi connectivity index (χ1v) is 4.77. The van der Waals surface area contributed by atoms with Crippen LogP contribution in [-0.2, 0) is 0 Å². The van der Waals surface area contributed by atoms with E-state index < -0.39 is 0 Å². The van der Waals surface area contributed by atoms with E-state index in [1.54, 1.807) is 0 Å². The average Bonchev–Trinajstić information content (AvgIpc) is 2.12. The van der Waals surface area contributed by atoms with Gasteiger partial charge in [0.2, 0.25) is 0 Å². The minimum atomic E-state index is -0.177. The average molecular weight is 187 g/mol. The fourth-order valence-electron chi connectivity index (χ4n) is 0.681. The molecule has 70 valence electrons. The summed E-state index contributed by atoms with van der Waals surface area (Å²) in [5, 5.41) is 7.29. The van der Waals surface area contributed by atoms with E-state index in [0.717, 1.165) is 12.1 Å². The molecule has 1 unspecified atom stereocenters. The Morgan fingerprint density at radius 3 is 2.67 bits per heavy atom. The van der Waals surface area contributed by atoms with Crippen LogP contribution in [-0.4, -0.2) is 19.0 Å². The molecular weight excluding hydrogens is 170 g/mol. The molecule has 12 heavy (non-hydrogen) atoms. The van der Waals surface area contributed by atoms with E-state index in [0.29, 0.717) is 0 Å². The number of hydrogen-bond donors (Lipinski definition) is 2. The summed E-state index contributed by atoms with van der Waals surface area (Å²) in [6.07, 6.45) is 2.37. The molecule has 0 aliphatic heterocycles. The molecule has 0 heterocycles. The molecule has 0 spiro atoms. The van der Waals surface area contributed by atoms with E-state index in [9.17, 15) is 0 Å². The molecule has 3 nitrogen and oxygen atoms in total. The van der Waals surface area contributed by atoms with Crippen LogP contribution in [0.25, 0.3) is 0 Å². The molecule has 0 aromatic heterocycles. The van der Waals surface area contributed by atoms with E-state index in [4.69, 9.17) is 5.41 Å². The molecule has 1 atom stereocenters. The lowest BCUT2D eigenvalue weighted by molar-refractivity contribution is 0.624. The van der Waals surface area contributed by atoms with Crippen molar-refractivity contribution in [2.45, 2.75) is 27.2 Å². The van der Waals surface area contributed by atoms with Gasteiger partial charge in [-0.3, -0.25) is 0 Å². The van der Waals surface area contributed by atoms with Gasteiger partial charge >= 0.3 is 0 Å². The Morgan fingerprint density at radius 2 is 2.33 bits per heavy atom. The molecule has 0 radical (unpaired) electrons. The van der Waals surface area contributed by atoms with Crippen LogP contribution in [0, 0.1) is 10.8 Å². The quantitative estimate of drug-likeness (QED) is 0.512. The second-order valence-electron chi connectivity index (χ2n) is 2.89. The Morgan fingerprint density at radius 1 is 1.75 bits per heavy atom. The van der Waals surface area contributed by atoms with Gasteiger partial charge < -0.3 is 5.41 Å². The van der Waals surface area contributed by atoms with Crippen LogP contribution in [0.15, 0.2) is 4.40 Å². The van der Waals surface area contributed by atoms with Crippen molar-refractivity contribution in [3.63, 3.8) is 0 Å². The van der Waals surface area contributed by atoms with Gasteiger partial charge in [0.05, 0.1) is 12.1 Å². The number of hydrogen-bond acceptors (Lipinski definition) is 4. The molecule has 0 saturated heterocycles. The topological polar surface area (TPSA) is 48.2 Å². The summed E-state index contributed by atoms with van der Waals surface area (Å²) in [6, 6.07) is 0. The zero-order valence-electron chi connectivity index (χ0n) is 8.14. The van der Waals surface area contributed by atoms with E-state index >= 15 is 0 Å². The first-order chi connectivity index (χ1) is 5.60. The molecular formula is C8H17N3S. The van der Waals surface area contributed by atoms with Crippen molar-refractivity contribution in [3.05, 3.63) is 0 Å². The van der Waals surface area contributed by atoms with Gasteiger partial charge in [0, 0.05) is 17.3 Å². The van der Waals surface area contributed by atoms with Crippen LogP contribution >= 0.6 is 12.1 Å². The molecule has 0 aromatic rings. The van der Waals surface area contributed by atoms with Crippen LogP contribution in [0.1, 0.15) is 27.2 Å². The van der Waals surface area contributed by atoms with E-state index in [2.05, 4.69) is 16.0 Å². The molecule has 0 aliphatic rings. The SMILES string of the molecule is CCC(C)(C=N)C(C)=NSNC. The highest BCUT2D eigenvalue weighted by Crippen LogP contribution is 2.21. The van der Waals surface area contributed by atoms with Gasteiger partial charge in [0.25, 0.3) is 0 Å². The zero-order valence-corrected chi connectivity index (χ0v) is 8.96. The Labute approximate surface area is 78.8 Å². The summed E-state index contributed by atoms with van der Waals surface area (Å²) in [4.78, 5) is 0. The molecule has 0 rings (SSSR count). The van der Waals surface area contributed by atoms with Crippen molar-refractivity contribution < 1.29 is 0 Å². The van der Waals surface area contributed by atoms with Gasteiger partial charge in [-0.05, 0) is 27.3 Å². The Bertz CT molecular complexity index is 179. The van der Waals surface area contributed by atoms with Gasteiger partial charge in [-0.2, -0.15) is 0 Å². The molecule has 4 heteroatoms. The van der Waals surface area contributed by atoms with E-state index in [1.165, 1.54) is 18.3 Å². The fraction of sp³-hybridized carbons (Fsp3) is 0.750. The van der Waals surface area contributed by atoms with Gasteiger partial charge in [0.1, 0.15) is 0 Å². The minimum absolute atomic E-state index is 0.177. The molecule has 0 bridgehead atoms. The van der Waals surface area contributed by atoms with E-state index in [1.807, 2.05) is 20.9 Å². The van der Waals surface area contributed by atoms with Crippen LogP contribution in [0.5, 0.6) is 0 Å². The fourth-order valence-corrected chi connectivity index (χ4v) is 1.12. The standard InChI is InChI=1S/C8H17N3S/c1-5-8(3,6-9)7(2)11-12-10-4/h6,9-10H,5H2,1-4H3. The predicted octanol–water partition coefficient (Wildman–Crippen LogP) is 2.30. The summed E-state index contributed by atoms with van der Waals surface area (Å²) in [5.74, 6) is 0. The minimum Gasteiger partial charge on any atom is -0.312 e. The highest BCUT2D eigenvalue weighted by molar-refractivity contribution is 7.96. The molecule has 0 aliphatic carbocycles. The maximum atomic E-state index is 7.29. The van der Waals surface area contributed by atoms with Gasteiger partial charge in [-0.15, -0.1) is 0 Å². The molecule has 0 aromatic carbocycles. The summed E-state index contributed by atoms with van der Waals surface area (Å²) in [5.41, 5.74) is 0.809. The number of rotatable bonds is 5. The van der Waals surface area contributed by atoms with Crippen molar-refractivity contribution in [1.82, 2.24) is 4.72 Å². The third-order valence-corrected chi connectivity index (χ3v) is 2.70. The monoisotopic (exact) mass is 187 g/mol. The highest BCUT2D eigenvalue weighted by atomic mass is 32.2. The van der Waals surface area contributed by atoms with Crippen LogP contribution in [0.2, 0.25) is 0 Å². The smallest absolute Gasteiger partial charge is 0.0582 e. The maximum absolute atomic E-state index is 7.29. The Hall–Kier alpha value is -0.350. The molecule has 2 N–H and O–H groups in total. The Balaban J connectivity index is 4.40. The lowest BCUT2D eigenvalue weighted by Crippen LogP contribution is -2.25. The van der Waals surface area contributed by atoms with Crippen molar-refractivity contribution in [2.75, 3.05) is 7.05 Å². The number of nitrogens with one attached hydrogen (secondary N) is 2. The largest absolute Gasteiger partial charge is 0.312 e. The second kappa shape index (κ2) is 5.32. The maximum Gasteiger partial charge on any atom is 0.0582 e. The molecule has 0 fully saturated rings. The third-order valence-electron chi connectivity index (χ3n) is 2.15. The van der Waals surface area contributed by atoms with Gasteiger partial charge in [-0.25, -0.2) is 9.12 Å². The third kappa shape index (κ3) is 2.95. The summed E-state index contributed by atoms with van der Waals surface area (Å²) in [6.45, 7) is 6.04. The summed E-state index contributed by atoms with van der Waals surface area (Å²) >= 11 is 1.31. The zero-order chi connectivity index (χ0) is 9.61. The first-order valence-electron chi connectivity index (χ1n) is 4.00. The molecule has 0 saturated carbocycles. The van der Waals surface area contributed by atoms with Crippen molar-refractivity contribution in [2.24, 2.45) is 9.81 Å². The Kier molecular flexibility index (Phi) is 5.17. The van der Waals surface area contributed by atoms with E-state index in [-0.39, 0.29) is 5.41 Å². The first kappa shape index (κ1) is 11.6. The van der Waals surface area contributed by atoms with Crippen molar-refractivity contribution >= 4 is 24.1 Å². The lowest BCUT2D eigenvalue weighted by atomic mass is 9.85. The van der Waals surface area contributed by atoms with Crippen LogP contribution in [0.4, 0.5) is 0 Å². The van der Waals surface area contributed by atoms with Crippen LogP contribution < -0.4 is 4.72 Å². The summed E-state index contributed by atoms with van der Waals surface area (Å²) < 4.78 is 7.10. The van der Waals surface area contributed by atoms with Crippen molar-refractivity contribution in [3.8, 4) is 0 Å². The van der Waals surface area contributed by atoms with Gasteiger partial charge in [0.15, 0.2) is 0 Å².